The Morgan fingerprint density at radius 3 is 2.59 bits per heavy atom. The third-order valence-electron chi connectivity index (χ3n) is 3.89. The summed E-state index contributed by atoms with van der Waals surface area (Å²) in [7, 11) is 0. The van der Waals surface area contributed by atoms with Crippen LogP contribution in [0.3, 0.4) is 0 Å². The summed E-state index contributed by atoms with van der Waals surface area (Å²) in [5.41, 5.74) is 1.04. The normalized spacial score (nSPS) is 15.2. The molecule has 0 atom stereocenters. The van der Waals surface area contributed by atoms with Gasteiger partial charge < -0.3 is 0 Å². The lowest BCUT2D eigenvalue weighted by molar-refractivity contribution is 0.102. The molecule has 1 heterocycles. The average molecular weight is 312 g/mol. The molecule has 6 heteroatoms. The molecule has 0 bridgehead atoms. The van der Waals surface area contributed by atoms with E-state index in [1.54, 1.807) is 24.3 Å². The average Bonchev–Trinajstić information content (AvgIpc) is 3.04. The molecule has 22 heavy (non-hydrogen) atoms. The van der Waals surface area contributed by atoms with Crippen LogP contribution in [0.5, 0.6) is 0 Å². The molecule has 0 spiro atoms. The van der Waals surface area contributed by atoms with Crippen molar-refractivity contribution in [3.8, 4) is 6.07 Å². The van der Waals surface area contributed by atoms with Crippen molar-refractivity contribution >= 4 is 22.4 Å². The van der Waals surface area contributed by atoms with Gasteiger partial charge in [0.05, 0.1) is 11.6 Å². The molecule has 2 aromatic rings. The third-order valence-corrected chi connectivity index (χ3v) is 4.89. The van der Waals surface area contributed by atoms with Gasteiger partial charge in [0.15, 0.2) is 0 Å². The molecule has 5 nitrogen and oxygen atoms in total. The Balaban J connectivity index is 1.66. The molecule has 0 aliphatic heterocycles. The summed E-state index contributed by atoms with van der Waals surface area (Å²) >= 11 is 1.46. The second-order valence-corrected chi connectivity index (χ2v) is 6.43. The fraction of sp³-hybridized carbons (Fsp3) is 0.375. The van der Waals surface area contributed by atoms with Crippen molar-refractivity contribution in [3.63, 3.8) is 0 Å². The molecule has 1 aromatic carbocycles. The number of carbonyl (C=O) groups excluding carboxylic acids is 1. The van der Waals surface area contributed by atoms with Crippen LogP contribution in [0.4, 0.5) is 5.13 Å². The van der Waals surface area contributed by atoms with Crippen LogP contribution in [0.25, 0.3) is 0 Å². The first-order valence-corrected chi connectivity index (χ1v) is 8.23. The highest BCUT2D eigenvalue weighted by atomic mass is 32.1. The quantitative estimate of drug-likeness (QED) is 0.937. The Labute approximate surface area is 133 Å². The van der Waals surface area contributed by atoms with Crippen molar-refractivity contribution in [2.75, 3.05) is 5.32 Å². The van der Waals surface area contributed by atoms with Crippen LogP contribution in [-0.2, 0) is 0 Å². The zero-order valence-electron chi connectivity index (χ0n) is 12.1. The van der Waals surface area contributed by atoms with Gasteiger partial charge in [-0.15, -0.1) is 10.2 Å². The predicted octanol–water partition coefficient (Wildman–Crippen LogP) is 3.71. The first-order chi connectivity index (χ1) is 10.8. The van der Waals surface area contributed by atoms with Gasteiger partial charge >= 0.3 is 0 Å². The summed E-state index contributed by atoms with van der Waals surface area (Å²) in [4.78, 5) is 12.1. The van der Waals surface area contributed by atoms with E-state index in [1.807, 2.05) is 6.07 Å². The van der Waals surface area contributed by atoms with E-state index < -0.39 is 0 Å². The van der Waals surface area contributed by atoms with Gasteiger partial charge in [-0.2, -0.15) is 5.26 Å². The van der Waals surface area contributed by atoms with E-state index in [0.717, 1.165) is 17.8 Å². The van der Waals surface area contributed by atoms with Gasteiger partial charge in [0, 0.05) is 11.5 Å². The van der Waals surface area contributed by atoms with Crippen molar-refractivity contribution in [1.82, 2.24) is 10.2 Å². The van der Waals surface area contributed by atoms with Gasteiger partial charge in [0.25, 0.3) is 5.91 Å². The standard InChI is InChI=1S/C16H16N4OS/c17-10-11-6-8-12(9-7-11)14(21)18-16-20-19-15(22-16)13-4-2-1-3-5-13/h6-9,13H,1-5H2,(H,18,20,21). The van der Waals surface area contributed by atoms with Crippen molar-refractivity contribution < 1.29 is 4.79 Å². The predicted molar refractivity (Wildman–Crippen MR) is 84.8 cm³/mol. The zero-order chi connectivity index (χ0) is 15.4. The number of hydrogen-bond acceptors (Lipinski definition) is 5. The van der Waals surface area contributed by atoms with E-state index in [2.05, 4.69) is 15.5 Å². The minimum Gasteiger partial charge on any atom is -0.296 e. The maximum atomic E-state index is 12.1. The van der Waals surface area contributed by atoms with E-state index in [-0.39, 0.29) is 5.91 Å². The first kappa shape index (κ1) is 14.7. The van der Waals surface area contributed by atoms with Crippen molar-refractivity contribution in [1.29, 1.82) is 5.26 Å². The molecular weight excluding hydrogens is 296 g/mol. The number of benzene rings is 1. The Morgan fingerprint density at radius 1 is 1.18 bits per heavy atom. The lowest BCUT2D eigenvalue weighted by atomic mass is 9.90. The number of anilines is 1. The number of nitriles is 1. The van der Waals surface area contributed by atoms with Crippen LogP contribution in [0.1, 0.15) is 59.0 Å². The lowest BCUT2D eigenvalue weighted by Crippen LogP contribution is -2.11. The molecule has 0 radical (unpaired) electrons. The monoisotopic (exact) mass is 312 g/mol. The van der Waals surface area contributed by atoms with Crippen LogP contribution in [0.2, 0.25) is 0 Å². The second-order valence-electron chi connectivity index (χ2n) is 5.42. The van der Waals surface area contributed by atoms with Crippen molar-refractivity contribution in [3.05, 3.63) is 40.4 Å². The molecule has 1 N–H and O–H groups in total. The van der Waals surface area contributed by atoms with Gasteiger partial charge in [0.2, 0.25) is 5.13 Å². The largest absolute Gasteiger partial charge is 0.296 e. The maximum Gasteiger partial charge on any atom is 0.257 e. The maximum absolute atomic E-state index is 12.1. The zero-order valence-corrected chi connectivity index (χ0v) is 12.9. The summed E-state index contributed by atoms with van der Waals surface area (Å²) in [5, 5.41) is 21.4. The molecule has 1 saturated carbocycles. The number of nitrogens with one attached hydrogen (secondary N) is 1. The van der Waals surface area contributed by atoms with E-state index in [0.29, 0.717) is 22.2 Å². The lowest BCUT2D eigenvalue weighted by Gasteiger charge is -2.18. The van der Waals surface area contributed by atoms with Gasteiger partial charge in [0.1, 0.15) is 5.01 Å². The highest BCUT2D eigenvalue weighted by Gasteiger charge is 2.20. The number of carbonyl (C=O) groups is 1. The molecule has 112 valence electrons. The summed E-state index contributed by atoms with van der Waals surface area (Å²) in [6.07, 6.45) is 6.13. The smallest absolute Gasteiger partial charge is 0.257 e. The van der Waals surface area contributed by atoms with E-state index in [4.69, 9.17) is 5.26 Å². The number of hydrogen-bond donors (Lipinski definition) is 1. The van der Waals surface area contributed by atoms with Gasteiger partial charge in [-0.05, 0) is 37.1 Å². The van der Waals surface area contributed by atoms with Gasteiger partial charge in [-0.3, -0.25) is 10.1 Å². The van der Waals surface area contributed by atoms with Crippen LogP contribution in [0.15, 0.2) is 24.3 Å². The molecule has 0 saturated heterocycles. The Morgan fingerprint density at radius 2 is 1.91 bits per heavy atom. The number of rotatable bonds is 3. The fourth-order valence-corrected chi connectivity index (χ4v) is 3.57. The molecule has 0 unspecified atom stereocenters. The Bertz CT molecular complexity index is 696. The van der Waals surface area contributed by atoms with Crippen molar-refractivity contribution in [2.24, 2.45) is 0 Å². The number of amides is 1. The molecular formula is C16H16N4OS. The number of nitrogens with zero attached hydrogens (tertiary/aromatic N) is 3. The first-order valence-electron chi connectivity index (χ1n) is 7.41. The topological polar surface area (TPSA) is 78.7 Å². The van der Waals surface area contributed by atoms with Gasteiger partial charge in [-0.1, -0.05) is 30.6 Å². The molecule has 3 rings (SSSR count). The minimum absolute atomic E-state index is 0.226. The molecule has 1 fully saturated rings. The van der Waals surface area contributed by atoms with Crippen LogP contribution in [-0.4, -0.2) is 16.1 Å². The minimum atomic E-state index is -0.226. The highest BCUT2D eigenvalue weighted by Crippen LogP contribution is 2.35. The van der Waals surface area contributed by atoms with E-state index in [9.17, 15) is 4.79 Å². The summed E-state index contributed by atoms with van der Waals surface area (Å²) < 4.78 is 0. The van der Waals surface area contributed by atoms with Gasteiger partial charge in [-0.25, -0.2) is 0 Å². The van der Waals surface area contributed by atoms with Crippen LogP contribution in [0, 0.1) is 11.3 Å². The summed E-state index contributed by atoms with van der Waals surface area (Å²) in [6.45, 7) is 0. The Kier molecular flexibility index (Phi) is 4.45. The highest BCUT2D eigenvalue weighted by molar-refractivity contribution is 7.15. The fourth-order valence-electron chi connectivity index (χ4n) is 2.67. The molecule has 1 amide bonds. The summed E-state index contributed by atoms with van der Waals surface area (Å²) in [5.74, 6) is 0.266. The second kappa shape index (κ2) is 6.67. The molecule has 1 aromatic heterocycles. The molecule has 1 aliphatic carbocycles. The Hall–Kier alpha value is -2.26. The van der Waals surface area contributed by atoms with E-state index >= 15 is 0 Å². The number of aromatic nitrogens is 2. The summed E-state index contributed by atoms with van der Waals surface area (Å²) in [6, 6.07) is 8.56. The van der Waals surface area contributed by atoms with Crippen LogP contribution < -0.4 is 5.32 Å². The van der Waals surface area contributed by atoms with Crippen LogP contribution >= 0.6 is 11.3 Å². The molecule has 1 aliphatic rings. The van der Waals surface area contributed by atoms with Crippen molar-refractivity contribution in [2.45, 2.75) is 38.0 Å². The third kappa shape index (κ3) is 3.31. The SMILES string of the molecule is N#Cc1ccc(C(=O)Nc2nnc(C3CCCCC3)s2)cc1. The van der Waals surface area contributed by atoms with E-state index in [1.165, 1.54) is 30.6 Å².